The molecule has 62 heavy (non-hydrogen) atoms. The summed E-state index contributed by atoms with van der Waals surface area (Å²) in [4.78, 5) is 13.6. The van der Waals surface area contributed by atoms with Gasteiger partial charge in [0.05, 0.1) is 0 Å². The summed E-state index contributed by atoms with van der Waals surface area (Å²) in [6.45, 7) is 29.3. The fourth-order valence-electron chi connectivity index (χ4n) is 11.5. The quantitative estimate of drug-likeness (QED) is 0.0477. The predicted molar refractivity (Wildman–Crippen MR) is 270 cm³/mol. The number of benzene rings is 6. The molecule has 0 radical (unpaired) electrons. The first-order valence-corrected chi connectivity index (χ1v) is 28.6. The molecule has 0 aromatic heterocycles. The number of rotatable bonds is 9. The van der Waals surface area contributed by atoms with Crippen LogP contribution in [-0.4, -0.2) is 40.7 Å². The average molecular weight is 920 g/mol. The van der Waals surface area contributed by atoms with E-state index < -0.39 is 20.8 Å². The molecule has 0 aliphatic carbocycles. The molecule has 6 aromatic carbocycles. The zero-order chi connectivity index (χ0) is 44.5. The predicted octanol–water partition coefficient (Wildman–Crippen LogP) is 13.7. The van der Waals surface area contributed by atoms with Gasteiger partial charge in [-0.1, -0.05) is 83.1 Å². The van der Waals surface area contributed by atoms with Gasteiger partial charge in [0, 0.05) is 0 Å². The van der Waals surface area contributed by atoms with Crippen molar-refractivity contribution in [2.75, 3.05) is 4.90 Å². The van der Waals surface area contributed by atoms with Gasteiger partial charge in [-0.25, -0.2) is 0 Å². The van der Waals surface area contributed by atoms with E-state index in [1.165, 1.54) is 48.4 Å². The van der Waals surface area contributed by atoms with E-state index in [9.17, 15) is 10.1 Å². The molecule has 318 valence electrons. The molecule has 0 bridgehead atoms. The SMILES string of the molecule is CC(C)[Si](C#Cc1cc(C#C[Si](C(C)C)(C(C)C)C(C)C)c2ccc3cc(CN4c5ccccc5[Se]C45C=Cc4cc([N+](=O)[O-])ccc4O5)cc4ccc1c2c43)(C(C)C)C(C)C. The number of ether oxygens (including phenoxy) is 1. The number of nitrogens with zero attached hydrogens (tertiary/aromatic N) is 2. The smallest absolute Gasteiger partial charge is 0.0397 e. The molecular weight excluding hydrogens is 860 g/mol. The first-order chi connectivity index (χ1) is 29.4. The first-order valence-electron chi connectivity index (χ1n) is 22.5. The van der Waals surface area contributed by atoms with Crippen LogP contribution in [0, 0.1) is 33.0 Å². The normalized spacial score (nSPS) is 16.3. The van der Waals surface area contributed by atoms with E-state index in [1.54, 1.807) is 12.1 Å². The van der Waals surface area contributed by atoms with Crippen molar-refractivity contribution in [3.8, 4) is 28.7 Å². The van der Waals surface area contributed by atoms with Gasteiger partial charge < -0.3 is 0 Å². The summed E-state index contributed by atoms with van der Waals surface area (Å²) in [6.07, 6.45) is 4.11. The molecule has 0 fully saturated rings. The molecule has 8 heteroatoms. The number of non-ortho nitro benzene ring substituents is 1. The fourth-order valence-corrected chi connectivity index (χ4v) is 24.6. The summed E-state index contributed by atoms with van der Waals surface area (Å²) >= 11 is -0.0765. The molecule has 1 atom stereocenters. The van der Waals surface area contributed by atoms with Crippen LogP contribution in [0.25, 0.3) is 38.4 Å². The minimum Gasteiger partial charge on any atom is -0.0643 e. The zero-order valence-corrected chi connectivity index (χ0v) is 42.1. The van der Waals surface area contributed by atoms with Gasteiger partial charge in [0.15, 0.2) is 0 Å². The van der Waals surface area contributed by atoms with E-state index in [2.05, 4.69) is 184 Å². The molecule has 5 nitrogen and oxygen atoms in total. The van der Waals surface area contributed by atoms with Crippen molar-refractivity contribution in [1.82, 2.24) is 0 Å². The van der Waals surface area contributed by atoms with Crippen LogP contribution >= 0.6 is 0 Å². The second kappa shape index (κ2) is 16.4. The van der Waals surface area contributed by atoms with Gasteiger partial charge in [0.1, 0.15) is 16.1 Å². The molecule has 2 aliphatic rings. The maximum atomic E-state index is 11.6. The fraction of sp³-hybridized carbons (Fsp3) is 0.370. The van der Waals surface area contributed by atoms with Crippen LogP contribution < -0.4 is 14.1 Å². The average Bonchev–Trinajstić information content (AvgIpc) is 3.50. The summed E-state index contributed by atoms with van der Waals surface area (Å²) in [5.74, 6) is 8.47. The summed E-state index contributed by atoms with van der Waals surface area (Å²) in [5, 5.41) is 18.9. The van der Waals surface area contributed by atoms with Crippen LogP contribution in [0.3, 0.4) is 0 Å². The monoisotopic (exact) mass is 920 g/mol. The Bertz CT molecular complexity index is 2730. The molecule has 0 N–H and O–H groups in total. The van der Waals surface area contributed by atoms with Gasteiger partial charge in [0.2, 0.25) is 0 Å². The molecule has 2 aliphatic heterocycles. The summed E-state index contributed by atoms with van der Waals surface area (Å²) < 4.78 is 7.48. The second-order valence-electron chi connectivity index (χ2n) is 19.5. The Balaban J connectivity index is 1.30. The van der Waals surface area contributed by atoms with Crippen molar-refractivity contribution in [3.05, 3.63) is 123 Å². The van der Waals surface area contributed by atoms with Gasteiger partial charge in [-0.05, 0) is 33.2 Å². The van der Waals surface area contributed by atoms with Gasteiger partial charge in [-0.3, -0.25) is 0 Å². The number of nitro groups is 1. The largest absolute Gasteiger partial charge is 0.0643 e. The minimum atomic E-state index is -2.02. The van der Waals surface area contributed by atoms with Gasteiger partial charge >= 0.3 is 247 Å². The Kier molecular flexibility index (Phi) is 11.6. The summed E-state index contributed by atoms with van der Waals surface area (Å²) in [6, 6.07) is 29.7. The van der Waals surface area contributed by atoms with Crippen LogP contribution in [-0.2, 0) is 6.54 Å². The maximum Gasteiger partial charge on any atom is -0.0397 e. The van der Waals surface area contributed by atoms with Crippen LogP contribution in [0.1, 0.15) is 105 Å². The summed E-state index contributed by atoms with van der Waals surface area (Å²) in [5.41, 5.74) is 16.7. The second-order valence-corrected chi connectivity index (χ2v) is 33.2. The Hall–Kier alpha value is -4.83. The van der Waals surface area contributed by atoms with Crippen molar-refractivity contribution in [2.24, 2.45) is 0 Å². The van der Waals surface area contributed by atoms with E-state index in [0.717, 1.165) is 22.4 Å². The van der Waals surface area contributed by atoms with Gasteiger partial charge in [-0.2, -0.15) is 0 Å². The number of anilines is 1. The number of hydrogen-bond donors (Lipinski definition) is 0. The third-order valence-electron chi connectivity index (χ3n) is 14.4. The molecule has 8 rings (SSSR count). The Morgan fingerprint density at radius 2 is 1.21 bits per heavy atom. The van der Waals surface area contributed by atoms with Crippen molar-refractivity contribution in [1.29, 1.82) is 0 Å². The molecule has 0 saturated heterocycles. The van der Waals surface area contributed by atoms with Crippen molar-refractivity contribution >= 4 is 85.3 Å². The van der Waals surface area contributed by atoms with Crippen LogP contribution in [0.2, 0.25) is 33.2 Å². The third-order valence-corrected chi connectivity index (χ3v) is 29.7. The molecule has 1 unspecified atom stereocenters. The van der Waals surface area contributed by atoms with E-state index in [1.807, 2.05) is 6.08 Å². The van der Waals surface area contributed by atoms with Crippen LogP contribution in [0.15, 0.2) is 91.0 Å². The minimum absolute atomic E-state index is 0.0606. The number of fused-ring (bicyclic) bond motifs is 2. The van der Waals surface area contributed by atoms with E-state index >= 15 is 0 Å². The Morgan fingerprint density at radius 1 is 0.677 bits per heavy atom. The van der Waals surface area contributed by atoms with E-state index in [-0.39, 0.29) is 25.6 Å². The van der Waals surface area contributed by atoms with Crippen LogP contribution in [0.4, 0.5) is 11.4 Å². The van der Waals surface area contributed by atoms with Crippen molar-refractivity contribution < 1.29 is 9.66 Å². The number of hydrogen-bond acceptors (Lipinski definition) is 4. The number of nitro benzene ring substituents is 1. The Labute approximate surface area is 377 Å². The molecule has 2 heterocycles. The van der Waals surface area contributed by atoms with Gasteiger partial charge in [0.25, 0.3) is 0 Å². The first kappa shape index (κ1) is 43.8. The molecule has 1 spiro atoms. The number of para-hydroxylation sites is 1. The molecule has 0 amide bonds. The zero-order valence-electron chi connectivity index (χ0n) is 38.4. The standard InChI is InChI=1S/C54H60N2O3SeSi2/c1-34(2)61(35(3)4,36(5)6)27-24-41-31-42(25-28-62(37(7)8,38(9)10)39(11)12)48-21-18-45-30-40(29-44-17-20-47(41)53(48)52(44)45)33-55-49-15-13-14-16-51(49)60-54(55)26-23-43-32-46(56(57)58)19-22-50(43)59-54/h13-23,26,29-32,34-39H,33H2,1-12H3. The molecule has 0 saturated carbocycles. The molecule has 6 aromatic rings. The molecular formula is C54H60N2O3SeSi2. The van der Waals surface area contributed by atoms with E-state index in [4.69, 9.17) is 4.74 Å². The van der Waals surface area contributed by atoms with Gasteiger partial charge in [-0.15, -0.1) is 0 Å². The van der Waals surface area contributed by atoms with Crippen LogP contribution in [0.5, 0.6) is 5.75 Å². The topological polar surface area (TPSA) is 55.6 Å². The maximum absolute atomic E-state index is 11.6. The third kappa shape index (κ3) is 7.09. The summed E-state index contributed by atoms with van der Waals surface area (Å²) in [7, 11) is -4.03. The van der Waals surface area contributed by atoms with Crippen molar-refractivity contribution in [3.63, 3.8) is 0 Å². The van der Waals surface area contributed by atoms with E-state index in [0.29, 0.717) is 45.5 Å². The van der Waals surface area contributed by atoms with Crippen molar-refractivity contribution in [2.45, 2.75) is 128 Å². The Morgan fingerprint density at radius 3 is 1.73 bits per heavy atom.